The second-order valence-electron chi connectivity index (χ2n) is 6.93. The van der Waals surface area contributed by atoms with Crippen LogP contribution in [-0.2, 0) is 17.8 Å². The van der Waals surface area contributed by atoms with Crippen molar-refractivity contribution in [1.82, 2.24) is 14.9 Å². The third-order valence-electron chi connectivity index (χ3n) is 4.95. The van der Waals surface area contributed by atoms with E-state index in [4.69, 9.17) is 11.6 Å². The van der Waals surface area contributed by atoms with Crippen molar-refractivity contribution in [1.29, 1.82) is 0 Å². The number of carbonyl (C=O) groups is 1. The van der Waals surface area contributed by atoms with Crippen molar-refractivity contribution >= 4 is 39.3 Å². The normalized spacial score (nSPS) is 11.3. The highest BCUT2D eigenvalue weighted by Crippen LogP contribution is 2.22. The van der Waals surface area contributed by atoms with Crippen molar-refractivity contribution in [3.63, 3.8) is 0 Å². The molecule has 2 N–H and O–H groups in total. The van der Waals surface area contributed by atoms with Crippen LogP contribution in [0.25, 0.3) is 21.8 Å². The quantitative estimate of drug-likeness (QED) is 0.495. The molecule has 0 saturated carbocycles. The zero-order chi connectivity index (χ0) is 18.8. The molecule has 2 aromatic carbocycles. The number of halogens is 1. The fourth-order valence-electron chi connectivity index (χ4n) is 3.52. The Morgan fingerprint density at radius 3 is 2.96 bits per heavy atom. The number of nitrogens with zero attached hydrogens (tertiary/aromatic N) is 1. The number of hydrogen-bond donors (Lipinski definition) is 2. The van der Waals surface area contributed by atoms with E-state index < -0.39 is 0 Å². The number of amides is 1. The predicted octanol–water partition coefficient (Wildman–Crippen LogP) is 4.83. The summed E-state index contributed by atoms with van der Waals surface area (Å²) in [6.07, 6.45) is 5.28. The van der Waals surface area contributed by atoms with Crippen molar-refractivity contribution in [2.75, 3.05) is 6.54 Å². The van der Waals surface area contributed by atoms with E-state index in [0.717, 1.165) is 22.3 Å². The largest absolute Gasteiger partial charge is 0.361 e. The lowest BCUT2D eigenvalue weighted by Crippen LogP contribution is -2.26. The van der Waals surface area contributed by atoms with E-state index in [9.17, 15) is 4.79 Å². The molecule has 0 radical (unpaired) electrons. The predicted molar refractivity (Wildman–Crippen MR) is 111 cm³/mol. The summed E-state index contributed by atoms with van der Waals surface area (Å²) in [5, 5.41) is 6.08. The third-order valence-corrected chi connectivity index (χ3v) is 5.19. The summed E-state index contributed by atoms with van der Waals surface area (Å²) in [7, 11) is 0. The van der Waals surface area contributed by atoms with Crippen LogP contribution in [0.1, 0.15) is 17.5 Å². The number of carbonyl (C=O) groups excluding carboxylic acids is 1. The number of aromatic nitrogens is 2. The van der Waals surface area contributed by atoms with Gasteiger partial charge in [-0.2, -0.15) is 0 Å². The van der Waals surface area contributed by atoms with Gasteiger partial charge in [-0.3, -0.25) is 4.79 Å². The van der Waals surface area contributed by atoms with Crippen LogP contribution in [0.4, 0.5) is 0 Å². The van der Waals surface area contributed by atoms with E-state index in [2.05, 4.69) is 46.1 Å². The third kappa shape index (κ3) is 3.86. The number of rotatable bonds is 6. The molecule has 0 aliphatic carbocycles. The summed E-state index contributed by atoms with van der Waals surface area (Å²) >= 11 is 6.09. The fraction of sp³-hybridized carbons (Fsp3) is 0.227. The first-order chi connectivity index (χ1) is 13.1. The zero-order valence-corrected chi connectivity index (χ0v) is 16.0. The van der Waals surface area contributed by atoms with Crippen LogP contribution < -0.4 is 5.32 Å². The van der Waals surface area contributed by atoms with Crippen LogP contribution in [0.2, 0.25) is 5.02 Å². The molecular weight excluding hydrogens is 358 g/mol. The average molecular weight is 380 g/mol. The topological polar surface area (TPSA) is 49.8 Å². The van der Waals surface area contributed by atoms with E-state index in [1.807, 2.05) is 30.6 Å². The van der Waals surface area contributed by atoms with Gasteiger partial charge in [0, 0.05) is 53.3 Å². The Balaban J connectivity index is 1.31. The van der Waals surface area contributed by atoms with Gasteiger partial charge in [0.15, 0.2) is 0 Å². The molecule has 0 aliphatic heterocycles. The van der Waals surface area contributed by atoms with E-state index in [0.29, 0.717) is 19.5 Å². The molecule has 2 aromatic heterocycles. The van der Waals surface area contributed by atoms with Gasteiger partial charge in [-0.15, -0.1) is 0 Å². The maximum atomic E-state index is 12.2. The second kappa shape index (κ2) is 7.49. The first-order valence-corrected chi connectivity index (χ1v) is 9.56. The van der Waals surface area contributed by atoms with Crippen molar-refractivity contribution in [2.24, 2.45) is 0 Å². The number of aryl methyl sites for hydroxylation is 2. The second-order valence-corrected chi connectivity index (χ2v) is 7.36. The Morgan fingerprint density at radius 1 is 1.19 bits per heavy atom. The highest BCUT2D eigenvalue weighted by atomic mass is 35.5. The molecular formula is C22H22ClN3O. The maximum absolute atomic E-state index is 12.2. The van der Waals surface area contributed by atoms with Crippen LogP contribution in [0.5, 0.6) is 0 Å². The molecule has 2 heterocycles. The minimum atomic E-state index is 0.0711. The summed E-state index contributed by atoms with van der Waals surface area (Å²) < 4.78 is 2.13. The molecule has 5 heteroatoms. The Labute approximate surface area is 163 Å². The molecule has 138 valence electrons. The van der Waals surface area contributed by atoms with Gasteiger partial charge >= 0.3 is 0 Å². The summed E-state index contributed by atoms with van der Waals surface area (Å²) in [4.78, 5) is 15.5. The highest BCUT2D eigenvalue weighted by Gasteiger charge is 2.07. The average Bonchev–Trinajstić information content (AvgIpc) is 3.23. The number of aromatic amines is 1. The van der Waals surface area contributed by atoms with Crippen molar-refractivity contribution < 1.29 is 4.79 Å². The molecule has 4 aromatic rings. The number of fused-ring (bicyclic) bond motifs is 2. The monoisotopic (exact) mass is 379 g/mol. The number of hydrogen-bond acceptors (Lipinski definition) is 1. The molecule has 0 saturated heterocycles. The van der Waals surface area contributed by atoms with Gasteiger partial charge in [-0.25, -0.2) is 0 Å². The van der Waals surface area contributed by atoms with Gasteiger partial charge in [0.05, 0.1) is 0 Å². The van der Waals surface area contributed by atoms with Gasteiger partial charge in [-0.1, -0.05) is 23.2 Å². The molecule has 0 bridgehead atoms. The Morgan fingerprint density at radius 2 is 2.07 bits per heavy atom. The Bertz CT molecular complexity index is 1110. The number of nitrogens with one attached hydrogen (secondary N) is 2. The lowest BCUT2D eigenvalue weighted by Gasteiger charge is -2.07. The van der Waals surface area contributed by atoms with E-state index in [1.54, 1.807) is 0 Å². The number of benzene rings is 2. The van der Waals surface area contributed by atoms with E-state index in [1.165, 1.54) is 22.0 Å². The van der Waals surface area contributed by atoms with Crippen LogP contribution in [-0.4, -0.2) is 22.0 Å². The standard InChI is InChI=1S/C22H22ClN3O/c1-15-2-5-21-16(12-15)7-10-26(21)11-8-22(27)24-9-6-17-14-25-20-4-3-18(23)13-19(17)20/h2-5,7,10,12-14,25H,6,8-9,11H2,1H3,(H,24,27). The van der Waals surface area contributed by atoms with E-state index >= 15 is 0 Å². The van der Waals surface area contributed by atoms with Gasteiger partial charge in [0.1, 0.15) is 0 Å². The molecule has 0 unspecified atom stereocenters. The molecule has 0 fully saturated rings. The summed E-state index contributed by atoms with van der Waals surface area (Å²) in [6, 6.07) is 14.3. The van der Waals surface area contributed by atoms with Gasteiger partial charge in [0.2, 0.25) is 5.91 Å². The summed E-state index contributed by atoms with van der Waals surface area (Å²) in [5.74, 6) is 0.0711. The highest BCUT2D eigenvalue weighted by molar-refractivity contribution is 6.31. The summed E-state index contributed by atoms with van der Waals surface area (Å²) in [5.41, 5.74) is 4.65. The Hall–Kier alpha value is -2.72. The fourth-order valence-corrected chi connectivity index (χ4v) is 3.69. The van der Waals surface area contributed by atoms with Crippen LogP contribution in [0, 0.1) is 6.92 Å². The van der Waals surface area contributed by atoms with Crippen molar-refractivity contribution in [3.05, 3.63) is 71.0 Å². The van der Waals surface area contributed by atoms with Gasteiger partial charge in [-0.05, 0) is 60.7 Å². The molecule has 4 nitrogen and oxygen atoms in total. The minimum absolute atomic E-state index is 0.0711. The SMILES string of the molecule is Cc1ccc2c(ccn2CCC(=O)NCCc2c[nH]c3ccc(Cl)cc23)c1. The van der Waals surface area contributed by atoms with Gasteiger partial charge in [0.25, 0.3) is 0 Å². The molecule has 0 spiro atoms. The number of H-pyrrole nitrogens is 1. The smallest absolute Gasteiger partial charge is 0.221 e. The Kier molecular flexibility index (Phi) is 4.90. The first kappa shape index (κ1) is 17.7. The minimum Gasteiger partial charge on any atom is -0.361 e. The molecule has 0 atom stereocenters. The van der Waals surface area contributed by atoms with Crippen molar-refractivity contribution in [3.8, 4) is 0 Å². The lowest BCUT2D eigenvalue weighted by molar-refractivity contribution is -0.121. The molecule has 1 amide bonds. The van der Waals surface area contributed by atoms with Gasteiger partial charge < -0.3 is 14.9 Å². The van der Waals surface area contributed by atoms with Crippen LogP contribution >= 0.6 is 11.6 Å². The van der Waals surface area contributed by atoms with Crippen LogP contribution in [0.15, 0.2) is 54.9 Å². The van der Waals surface area contributed by atoms with E-state index in [-0.39, 0.29) is 5.91 Å². The first-order valence-electron chi connectivity index (χ1n) is 9.18. The molecule has 4 rings (SSSR count). The zero-order valence-electron chi connectivity index (χ0n) is 15.3. The molecule has 0 aliphatic rings. The molecule has 27 heavy (non-hydrogen) atoms. The maximum Gasteiger partial charge on any atom is 0.221 e. The van der Waals surface area contributed by atoms with Crippen molar-refractivity contribution in [2.45, 2.75) is 26.3 Å². The lowest BCUT2D eigenvalue weighted by atomic mass is 10.1. The van der Waals surface area contributed by atoms with Crippen LogP contribution in [0.3, 0.4) is 0 Å². The summed E-state index contributed by atoms with van der Waals surface area (Å²) in [6.45, 7) is 3.39.